The Morgan fingerprint density at radius 3 is 2.17 bits per heavy atom. The maximum absolute atomic E-state index is 13.6. The normalized spacial score (nSPS) is 10.7. The minimum atomic E-state index is -0.881. The van der Waals surface area contributed by atoms with Crippen molar-refractivity contribution in [2.45, 2.75) is 13.8 Å². The average molecular weight is 343 g/mol. The summed E-state index contributed by atoms with van der Waals surface area (Å²) in [6.07, 6.45) is 0. The number of nitrogens with one attached hydrogen (secondary N) is 1. The van der Waals surface area contributed by atoms with Crippen LogP contribution in [0.3, 0.4) is 0 Å². The molecule has 1 amide bonds. The first kappa shape index (κ1) is 16.3. The number of hydrogen-bond donors (Lipinski definition) is 1. The zero-order chi connectivity index (χ0) is 17.3. The van der Waals surface area contributed by atoms with Crippen LogP contribution in [-0.4, -0.2) is 5.91 Å². The van der Waals surface area contributed by atoms with E-state index in [0.29, 0.717) is 5.69 Å². The van der Waals surface area contributed by atoms with Gasteiger partial charge in [-0.15, -0.1) is 11.3 Å². The van der Waals surface area contributed by atoms with Crippen molar-refractivity contribution >= 4 is 22.9 Å². The molecule has 1 aromatic heterocycles. The smallest absolute Gasteiger partial charge is 0.261 e. The zero-order valence-corrected chi connectivity index (χ0v) is 14.0. The average Bonchev–Trinajstić information content (AvgIpc) is 2.86. The van der Waals surface area contributed by atoms with Crippen LogP contribution in [0.4, 0.5) is 14.5 Å². The molecule has 0 aliphatic heterocycles. The van der Waals surface area contributed by atoms with Gasteiger partial charge in [-0.05, 0) is 55.3 Å². The van der Waals surface area contributed by atoms with E-state index in [1.807, 2.05) is 12.1 Å². The number of thiophene rings is 1. The summed E-state index contributed by atoms with van der Waals surface area (Å²) >= 11 is 1.73. The number of rotatable bonds is 3. The van der Waals surface area contributed by atoms with Crippen molar-refractivity contribution in [1.29, 1.82) is 0 Å². The van der Waals surface area contributed by atoms with Crippen LogP contribution in [0.25, 0.3) is 11.1 Å². The lowest BCUT2D eigenvalue weighted by Crippen LogP contribution is -2.15. The summed E-state index contributed by atoms with van der Waals surface area (Å²) in [5.41, 5.74) is 2.09. The summed E-state index contributed by atoms with van der Waals surface area (Å²) < 4.78 is 27.3. The summed E-state index contributed by atoms with van der Waals surface area (Å²) in [7, 11) is 0. The minimum absolute atomic E-state index is 0.482. The van der Waals surface area contributed by atoms with Crippen LogP contribution in [0.1, 0.15) is 20.1 Å². The Morgan fingerprint density at radius 2 is 1.62 bits per heavy atom. The third-order valence-corrected chi connectivity index (χ3v) is 4.65. The topological polar surface area (TPSA) is 29.1 Å². The highest BCUT2D eigenvalue weighted by Crippen LogP contribution is 2.31. The molecule has 0 fully saturated rings. The number of amides is 1. The van der Waals surface area contributed by atoms with Gasteiger partial charge in [0.05, 0.1) is 0 Å². The number of carbonyl (C=O) groups is 1. The predicted octanol–water partition coefficient (Wildman–Crippen LogP) is 5.56. The number of carbonyl (C=O) groups excluding carboxylic acids is 1. The fourth-order valence-electron chi connectivity index (χ4n) is 2.56. The number of halogens is 2. The van der Waals surface area contributed by atoms with Crippen LogP contribution in [0, 0.1) is 25.5 Å². The van der Waals surface area contributed by atoms with Crippen LogP contribution in [-0.2, 0) is 0 Å². The quantitative estimate of drug-likeness (QED) is 0.662. The molecule has 3 rings (SSSR count). The summed E-state index contributed by atoms with van der Waals surface area (Å²) in [6.45, 7) is 4.11. The van der Waals surface area contributed by atoms with Crippen LogP contribution < -0.4 is 5.32 Å². The fourth-order valence-corrected chi connectivity index (χ4v) is 3.51. The van der Waals surface area contributed by atoms with E-state index in [0.717, 1.165) is 23.3 Å². The summed E-state index contributed by atoms with van der Waals surface area (Å²) in [5, 5.41) is 2.52. The van der Waals surface area contributed by atoms with Crippen molar-refractivity contribution in [3.8, 4) is 11.1 Å². The van der Waals surface area contributed by atoms with Gasteiger partial charge >= 0.3 is 0 Å². The van der Waals surface area contributed by atoms with Crippen LogP contribution in [0.15, 0.2) is 48.5 Å². The van der Waals surface area contributed by atoms with E-state index in [4.69, 9.17) is 0 Å². The van der Waals surface area contributed by atoms with Gasteiger partial charge in [0.1, 0.15) is 17.2 Å². The Hall–Kier alpha value is -2.53. The van der Waals surface area contributed by atoms with E-state index < -0.39 is 23.1 Å². The number of anilines is 1. The van der Waals surface area contributed by atoms with Crippen LogP contribution in [0.2, 0.25) is 0 Å². The Balaban J connectivity index is 1.82. The Bertz CT molecular complexity index is 880. The molecule has 0 bridgehead atoms. The van der Waals surface area contributed by atoms with Crippen LogP contribution in [0.5, 0.6) is 0 Å². The van der Waals surface area contributed by atoms with Crippen molar-refractivity contribution in [2.24, 2.45) is 0 Å². The maximum atomic E-state index is 13.6. The molecule has 0 aliphatic rings. The monoisotopic (exact) mass is 343 g/mol. The first-order chi connectivity index (χ1) is 11.5. The minimum Gasteiger partial charge on any atom is -0.322 e. The molecule has 1 N–H and O–H groups in total. The molecule has 2 aromatic carbocycles. The van der Waals surface area contributed by atoms with Crippen molar-refractivity contribution in [1.82, 2.24) is 0 Å². The molecular weight excluding hydrogens is 328 g/mol. The third-order valence-electron chi connectivity index (χ3n) is 3.68. The second-order valence-corrected chi connectivity index (χ2v) is 6.92. The zero-order valence-electron chi connectivity index (χ0n) is 13.2. The molecule has 1 heterocycles. The van der Waals surface area contributed by atoms with Crippen molar-refractivity contribution in [3.63, 3.8) is 0 Å². The molecular formula is C19H15F2NOS. The summed E-state index contributed by atoms with van der Waals surface area (Å²) in [5.74, 6) is -2.57. The number of aryl methyl sites for hydroxylation is 2. The lowest BCUT2D eigenvalue weighted by atomic mass is 10.1. The van der Waals surface area contributed by atoms with E-state index in [9.17, 15) is 13.6 Å². The second-order valence-electron chi connectivity index (χ2n) is 5.46. The largest absolute Gasteiger partial charge is 0.322 e. The van der Waals surface area contributed by atoms with E-state index in [-0.39, 0.29) is 0 Å². The molecule has 24 heavy (non-hydrogen) atoms. The van der Waals surface area contributed by atoms with Gasteiger partial charge in [0.2, 0.25) is 0 Å². The van der Waals surface area contributed by atoms with Crippen LogP contribution >= 0.6 is 11.3 Å². The van der Waals surface area contributed by atoms with Gasteiger partial charge in [-0.2, -0.15) is 0 Å². The SMILES string of the molecule is Cc1cc(-c2ccc(NC(=O)c3c(F)cccc3F)cc2)c(C)s1. The highest BCUT2D eigenvalue weighted by Gasteiger charge is 2.17. The second kappa shape index (κ2) is 6.53. The molecule has 0 saturated heterocycles. The predicted molar refractivity (Wildman–Crippen MR) is 93.5 cm³/mol. The molecule has 122 valence electrons. The van der Waals surface area contributed by atoms with Crippen molar-refractivity contribution < 1.29 is 13.6 Å². The molecule has 0 spiro atoms. The highest BCUT2D eigenvalue weighted by atomic mass is 32.1. The van der Waals surface area contributed by atoms with Gasteiger partial charge in [0.15, 0.2) is 0 Å². The van der Waals surface area contributed by atoms with Crippen molar-refractivity contribution in [2.75, 3.05) is 5.32 Å². The maximum Gasteiger partial charge on any atom is 0.261 e. The molecule has 0 saturated carbocycles. The Kier molecular flexibility index (Phi) is 4.44. The van der Waals surface area contributed by atoms with E-state index in [1.165, 1.54) is 15.8 Å². The van der Waals surface area contributed by atoms with E-state index in [2.05, 4.69) is 25.2 Å². The lowest BCUT2D eigenvalue weighted by molar-refractivity contribution is 0.101. The molecule has 0 radical (unpaired) electrons. The molecule has 0 atom stereocenters. The van der Waals surface area contributed by atoms with Gasteiger partial charge in [-0.1, -0.05) is 18.2 Å². The third kappa shape index (κ3) is 3.21. The first-order valence-electron chi connectivity index (χ1n) is 7.38. The van der Waals surface area contributed by atoms with Gasteiger partial charge < -0.3 is 5.32 Å². The Morgan fingerprint density at radius 1 is 1.00 bits per heavy atom. The van der Waals surface area contributed by atoms with Gasteiger partial charge in [0.25, 0.3) is 5.91 Å². The van der Waals surface area contributed by atoms with Gasteiger partial charge in [0, 0.05) is 15.4 Å². The van der Waals surface area contributed by atoms with Crippen molar-refractivity contribution in [3.05, 3.63) is 75.5 Å². The lowest BCUT2D eigenvalue weighted by Gasteiger charge is -2.08. The fraction of sp³-hybridized carbons (Fsp3) is 0.105. The van der Waals surface area contributed by atoms with E-state index >= 15 is 0 Å². The highest BCUT2D eigenvalue weighted by molar-refractivity contribution is 7.12. The molecule has 5 heteroatoms. The number of benzene rings is 2. The van der Waals surface area contributed by atoms with Gasteiger partial charge in [-0.25, -0.2) is 8.78 Å². The molecule has 2 nitrogen and oxygen atoms in total. The number of hydrogen-bond acceptors (Lipinski definition) is 2. The van der Waals surface area contributed by atoms with E-state index in [1.54, 1.807) is 23.5 Å². The molecule has 0 aliphatic carbocycles. The summed E-state index contributed by atoms with van der Waals surface area (Å²) in [6, 6.07) is 12.6. The molecule has 0 unspecified atom stereocenters. The molecule has 3 aromatic rings. The summed E-state index contributed by atoms with van der Waals surface area (Å²) in [4.78, 5) is 14.5. The standard InChI is InChI=1S/C19H15F2NOS/c1-11-10-15(12(2)24-11)13-6-8-14(9-7-13)22-19(23)18-16(20)4-3-5-17(18)21/h3-10H,1-2H3,(H,22,23). The van der Waals surface area contributed by atoms with Gasteiger partial charge in [-0.3, -0.25) is 4.79 Å². The Labute approximate surface area is 142 Å². The first-order valence-corrected chi connectivity index (χ1v) is 8.20.